The van der Waals surface area contributed by atoms with Crippen molar-refractivity contribution >= 4 is 17.7 Å². The molecule has 3 rings (SSSR count). The van der Waals surface area contributed by atoms with Crippen LogP contribution in [0.15, 0.2) is 53.7 Å². The van der Waals surface area contributed by atoms with Gasteiger partial charge in [-0.2, -0.15) is 0 Å². The number of carbonyl (C=O) groups excluding carboxylic acids is 1. The lowest BCUT2D eigenvalue weighted by atomic mass is 10.1. The number of rotatable bonds is 11. The van der Waals surface area contributed by atoms with Crippen molar-refractivity contribution in [1.82, 2.24) is 19.7 Å². The lowest BCUT2D eigenvalue weighted by Gasteiger charge is -2.25. The van der Waals surface area contributed by atoms with E-state index in [1.807, 2.05) is 23.6 Å². The number of hydrogen-bond donors (Lipinski definition) is 0. The van der Waals surface area contributed by atoms with Crippen LogP contribution in [0.25, 0.3) is 0 Å². The van der Waals surface area contributed by atoms with Crippen molar-refractivity contribution in [1.29, 1.82) is 0 Å². The molecule has 1 unspecified atom stereocenters. The van der Waals surface area contributed by atoms with Crippen molar-refractivity contribution < 1.29 is 13.9 Å². The van der Waals surface area contributed by atoms with E-state index < -0.39 is 0 Å². The van der Waals surface area contributed by atoms with E-state index in [1.165, 1.54) is 29.5 Å². The molecule has 0 saturated carbocycles. The highest BCUT2D eigenvalue weighted by Crippen LogP contribution is 2.24. The Labute approximate surface area is 205 Å². The van der Waals surface area contributed by atoms with Gasteiger partial charge in [0.15, 0.2) is 11.0 Å². The molecule has 0 radical (unpaired) electrons. The molecule has 1 heterocycles. The molecule has 0 N–H and O–H groups in total. The monoisotopic (exact) mass is 484 g/mol. The Kier molecular flexibility index (Phi) is 9.10. The SMILES string of the molecule is CCc1ccc(OCc2nnc(SCC(=O)N(C)C(C)c3ccc(F)cc3)n2CC(C)C)cc1. The maximum Gasteiger partial charge on any atom is 0.233 e. The van der Waals surface area contributed by atoms with Crippen LogP contribution >= 0.6 is 11.8 Å². The molecule has 182 valence electrons. The second kappa shape index (κ2) is 12.0. The zero-order valence-corrected chi connectivity index (χ0v) is 21.3. The van der Waals surface area contributed by atoms with Crippen LogP contribution < -0.4 is 4.74 Å². The van der Waals surface area contributed by atoms with E-state index in [0.717, 1.165) is 30.1 Å². The molecular formula is C26H33FN4O2S. The second-order valence-electron chi connectivity index (χ2n) is 8.71. The fourth-order valence-electron chi connectivity index (χ4n) is 3.46. The first-order chi connectivity index (χ1) is 16.3. The molecule has 0 fully saturated rings. The van der Waals surface area contributed by atoms with Crippen molar-refractivity contribution in [2.45, 2.75) is 58.5 Å². The summed E-state index contributed by atoms with van der Waals surface area (Å²) in [6, 6.07) is 14.1. The number of thioether (sulfide) groups is 1. The zero-order valence-electron chi connectivity index (χ0n) is 20.5. The molecule has 1 atom stereocenters. The second-order valence-corrected chi connectivity index (χ2v) is 9.65. The molecular weight excluding hydrogens is 451 g/mol. The highest BCUT2D eigenvalue weighted by atomic mass is 32.2. The first-order valence-electron chi connectivity index (χ1n) is 11.6. The highest BCUT2D eigenvalue weighted by molar-refractivity contribution is 7.99. The quantitative estimate of drug-likeness (QED) is 0.335. The van der Waals surface area contributed by atoms with Gasteiger partial charge in [-0.1, -0.05) is 56.8 Å². The fourth-order valence-corrected chi connectivity index (χ4v) is 4.35. The summed E-state index contributed by atoms with van der Waals surface area (Å²) in [4.78, 5) is 14.5. The number of amides is 1. The van der Waals surface area contributed by atoms with Gasteiger partial charge < -0.3 is 14.2 Å². The van der Waals surface area contributed by atoms with Crippen LogP contribution in [-0.4, -0.2) is 38.4 Å². The largest absolute Gasteiger partial charge is 0.486 e. The topological polar surface area (TPSA) is 60.3 Å². The van der Waals surface area contributed by atoms with Gasteiger partial charge in [0.05, 0.1) is 11.8 Å². The standard InChI is InChI=1S/C26H33FN4O2S/c1-6-20-7-13-23(14-8-20)33-16-24-28-29-26(31(24)15-18(2)3)34-17-25(32)30(5)19(4)21-9-11-22(27)12-10-21/h7-14,18-19H,6,15-17H2,1-5H3. The van der Waals surface area contributed by atoms with Crippen molar-refractivity contribution in [3.8, 4) is 5.75 Å². The van der Waals surface area contributed by atoms with Crippen molar-refractivity contribution in [3.05, 3.63) is 71.3 Å². The Morgan fingerprint density at radius 2 is 1.76 bits per heavy atom. The predicted octanol–water partition coefficient (Wildman–Crippen LogP) is 5.53. The summed E-state index contributed by atoms with van der Waals surface area (Å²) in [7, 11) is 1.76. The van der Waals surface area contributed by atoms with Crippen LogP contribution in [0, 0.1) is 11.7 Å². The maximum atomic E-state index is 13.2. The average molecular weight is 485 g/mol. The molecule has 1 aromatic heterocycles. The summed E-state index contributed by atoms with van der Waals surface area (Å²) >= 11 is 1.37. The molecule has 0 spiro atoms. The van der Waals surface area contributed by atoms with E-state index in [9.17, 15) is 9.18 Å². The molecule has 34 heavy (non-hydrogen) atoms. The normalized spacial score (nSPS) is 12.1. The lowest BCUT2D eigenvalue weighted by Crippen LogP contribution is -2.31. The summed E-state index contributed by atoms with van der Waals surface area (Å²) in [6.07, 6.45) is 0.986. The molecule has 0 saturated heterocycles. The van der Waals surface area contributed by atoms with Gasteiger partial charge >= 0.3 is 0 Å². The average Bonchev–Trinajstić information content (AvgIpc) is 3.21. The summed E-state index contributed by atoms with van der Waals surface area (Å²) in [5, 5.41) is 9.37. The smallest absolute Gasteiger partial charge is 0.233 e. The highest BCUT2D eigenvalue weighted by Gasteiger charge is 2.20. The van der Waals surface area contributed by atoms with Gasteiger partial charge in [0.1, 0.15) is 18.2 Å². The summed E-state index contributed by atoms with van der Waals surface area (Å²) in [5.41, 5.74) is 2.15. The minimum absolute atomic E-state index is 0.0327. The van der Waals surface area contributed by atoms with Crippen LogP contribution in [0.5, 0.6) is 5.75 Å². The van der Waals surface area contributed by atoms with Gasteiger partial charge in [0, 0.05) is 13.6 Å². The maximum absolute atomic E-state index is 13.2. The molecule has 0 aliphatic rings. The lowest BCUT2D eigenvalue weighted by molar-refractivity contribution is -0.128. The Bertz CT molecular complexity index is 1070. The number of halogens is 1. The van der Waals surface area contributed by atoms with E-state index in [0.29, 0.717) is 17.7 Å². The van der Waals surface area contributed by atoms with E-state index >= 15 is 0 Å². The van der Waals surface area contributed by atoms with Gasteiger partial charge in [0.2, 0.25) is 5.91 Å². The summed E-state index contributed by atoms with van der Waals surface area (Å²) in [6.45, 7) is 9.35. The number of carbonyl (C=O) groups is 1. The molecule has 2 aromatic carbocycles. The van der Waals surface area contributed by atoms with Crippen LogP contribution in [0.1, 0.15) is 50.7 Å². The van der Waals surface area contributed by atoms with Gasteiger partial charge in [-0.25, -0.2) is 4.39 Å². The number of hydrogen-bond acceptors (Lipinski definition) is 5. The first kappa shape index (κ1) is 25.7. The molecule has 6 nitrogen and oxygen atoms in total. The van der Waals surface area contributed by atoms with Crippen molar-refractivity contribution in [2.24, 2.45) is 5.92 Å². The fraction of sp³-hybridized carbons (Fsp3) is 0.423. The molecule has 0 aliphatic carbocycles. The Morgan fingerprint density at radius 1 is 1.09 bits per heavy atom. The predicted molar refractivity (Wildman–Crippen MR) is 133 cm³/mol. The molecule has 0 bridgehead atoms. The van der Waals surface area contributed by atoms with Crippen LogP contribution in [-0.2, 0) is 24.4 Å². The van der Waals surface area contributed by atoms with Gasteiger partial charge in [-0.3, -0.25) is 4.79 Å². The zero-order chi connectivity index (χ0) is 24.7. The van der Waals surface area contributed by atoms with Gasteiger partial charge in [0.25, 0.3) is 0 Å². The molecule has 3 aromatic rings. The third-order valence-electron chi connectivity index (χ3n) is 5.69. The Hall–Kier alpha value is -2.87. The van der Waals surface area contributed by atoms with E-state index in [-0.39, 0.29) is 23.5 Å². The van der Waals surface area contributed by atoms with Gasteiger partial charge in [-0.05, 0) is 54.7 Å². The summed E-state index contributed by atoms with van der Waals surface area (Å²) < 4.78 is 21.2. The third-order valence-corrected chi connectivity index (χ3v) is 6.64. The van der Waals surface area contributed by atoms with Crippen molar-refractivity contribution in [2.75, 3.05) is 12.8 Å². The molecule has 0 aliphatic heterocycles. The molecule has 8 heteroatoms. The van der Waals surface area contributed by atoms with Gasteiger partial charge in [-0.15, -0.1) is 10.2 Å². The first-order valence-corrected chi connectivity index (χ1v) is 12.5. The number of nitrogens with zero attached hydrogens (tertiary/aromatic N) is 4. The van der Waals surface area contributed by atoms with Crippen LogP contribution in [0.3, 0.4) is 0 Å². The Balaban J connectivity index is 1.64. The number of benzene rings is 2. The van der Waals surface area contributed by atoms with E-state index in [4.69, 9.17) is 4.74 Å². The molecule has 1 amide bonds. The van der Waals surface area contributed by atoms with E-state index in [2.05, 4.69) is 43.1 Å². The minimum Gasteiger partial charge on any atom is -0.486 e. The minimum atomic E-state index is -0.289. The van der Waals surface area contributed by atoms with Crippen LogP contribution in [0.4, 0.5) is 4.39 Å². The Morgan fingerprint density at radius 3 is 2.38 bits per heavy atom. The van der Waals surface area contributed by atoms with E-state index in [1.54, 1.807) is 24.1 Å². The number of ether oxygens (including phenoxy) is 1. The number of aryl methyl sites for hydroxylation is 1. The summed E-state index contributed by atoms with van der Waals surface area (Å²) in [5.74, 6) is 1.82. The third kappa shape index (κ3) is 6.82. The van der Waals surface area contributed by atoms with Crippen LogP contribution in [0.2, 0.25) is 0 Å². The van der Waals surface area contributed by atoms with Crippen molar-refractivity contribution in [3.63, 3.8) is 0 Å². The number of aromatic nitrogens is 3.